The third kappa shape index (κ3) is 4.33. The molecule has 0 radical (unpaired) electrons. The highest BCUT2D eigenvalue weighted by Gasteiger charge is 2.26. The maximum absolute atomic E-state index is 12.4. The number of pyridine rings is 1. The quantitative estimate of drug-likeness (QED) is 0.828. The van der Waals surface area contributed by atoms with E-state index in [1.165, 1.54) is 19.0 Å². The van der Waals surface area contributed by atoms with E-state index < -0.39 is 0 Å². The Balaban J connectivity index is 0.00000176. The van der Waals surface area contributed by atoms with Gasteiger partial charge in [-0.05, 0) is 60.1 Å². The summed E-state index contributed by atoms with van der Waals surface area (Å²) in [5.74, 6) is 0.885. The lowest BCUT2D eigenvalue weighted by Gasteiger charge is -2.32. The van der Waals surface area contributed by atoms with E-state index in [-0.39, 0.29) is 23.9 Å². The summed E-state index contributed by atoms with van der Waals surface area (Å²) in [5, 5.41) is 3.61. The summed E-state index contributed by atoms with van der Waals surface area (Å²) in [5.41, 5.74) is 0.320. The minimum atomic E-state index is -0.213. The van der Waals surface area contributed by atoms with E-state index in [1.54, 1.807) is 6.07 Å². The predicted molar refractivity (Wildman–Crippen MR) is 91.7 cm³/mol. The summed E-state index contributed by atoms with van der Waals surface area (Å²) in [6.45, 7) is 2.68. The van der Waals surface area contributed by atoms with Crippen molar-refractivity contribution in [1.82, 2.24) is 15.2 Å². The lowest BCUT2D eigenvalue weighted by Crippen LogP contribution is -2.45. The lowest BCUT2D eigenvalue weighted by atomic mass is 10.0. The number of likely N-dealkylation sites (tertiary alicyclic amines) is 1. The summed E-state index contributed by atoms with van der Waals surface area (Å²) in [6, 6.07) is 2.13. The van der Waals surface area contributed by atoms with Gasteiger partial charge < -0.3 is 15.2 Å². The number of piperidine rings is 1. The highest BCUT2D eigenvalue weighted by molar-refractivity contribution is 9.10. The maximum atomic E-state index is 12.4. The van der Waals surface area contributed by atoms with Gasteiger partial charge in [-0.1, -0.05) is 0 Å². The fourth-order valence-corrected chi connectivity index (χ4v) is 3.07. The molecule has 7 heteroatoms. The van der Waals surface area contributed by atoms with Crippen molar-refractivity contribution >= 4 is 34.2 Å². The van der Waals surface area contributed by atoms with Crippen molar-refractivity contribution in [1.29, 1.82) is 0 Å². The molecule has 2 fully saturated rings. The molecular formula is C15H21BrClN3O2. The molecule has 0 aromatic carbocycles. The first-order valence-corrected chi connectivity index (χ1v) is 8.33. The number of hydrogen-bond acceptors (Lipinski definition) is 3. The molecule has 1 aromatic rings. The van der Waals surface area contributed by atoms with E-state index in [2.05, 4.69) is 26.2 Å². The summed E-state index contributed by atoms with van der Waals surface area (Å²) >= 11 is 3.16. The van der Waals surface area contributed by atoms with Crippen molar-refractivity contribution in [3.63, 3.8) is 0 Å². The third-order valence-electron chi connectivity index (χ3n) is 4.28. The molecule has 1 saturated carbocycles. The largest absolute Gasteiger partial charge is 0.338 e. The Bertz CT molecular complexity index is 580. The second kappa shape index (κ2) is 7.62. The molecule has 1 aliphatic carbocycles. The molecule has 0 unspecified atom stereocenters. The average molecular weight is 391 g/mol. The van der Waals surface area contributed by atoms with E-state index in [1.807, 2.05) is 4.90 Å². The molecule has 22 heavy (non-hydrogen) atoms. The Morgan fingerprint density at radius 3 is 2.59 bits per heavy atom. The first-order chi connectivity index (χ1) is 10.1. The molecule has 2 aliphatic rings. The molecule has 2 N–H and O–H groups in total. The maximum Gasteiger partial charge on any atom is 0.262 e. The van der Waals surface area contributed by atoms with E-state index in [9.17, 15) is 9.59 Å². The number of hydrogen-bond donors (Lipinski definition) is 2. The Morgan fingerprint density at radius 2 is 2.00 bits per heavy atom. The van der Waals surface area contributed by atoms with Gasteiger partial charge in [-0.3, -0.25) is 9.59 Å². The summed E-state index contributed by atoms with van der Waals surface area (Å²) in [6.07, 6.45) is 6.23. The number of carbonyl (C=O) groups excluding carboxylic acids is 1. The minimum absolute atomic E-state index is 0. The number of nitrogens with one attached hydrogen (secondary N) is 2. The fourth-order valence-electron chi connectivity index (χ4n) is 2.70. The van der Waals surface area contributed by atoms with Crippen LogP contribution in [-0.2, 0) is 0 Å². The van der Waals surface area contributed by atoms with E-state index >= 15 is 0 Å². The number of aromatic amines is 1. The SMILES string of the molecule is Cl.O=C(c1c[nH]c(=O)c(Br)c1)N1CCC(NCC2CC2)CC1. The van der Waals surface area contributed by atoms with Gasteiger partial charge in [0.2, 0.25) is 0 Å². The zero-order valence-corrected chi connectivity index (χ0v) is 14.7. The first kappa shape index (κ1) is 17.5. The molecule has 5 nitrogen and oxygen atoms in total. The van der Waals surface area contributed by atoms with E-state index in [0.29, 0.717) is 16.1 Å². The number of rotatable bonds is 4. The Labute approximate surface area is 144 Å². The van der Waals surface area contributed by atoms with Crippen molar-refractivity contribution in [3.05, 3.63) is 32.7 Å². The van der Waals surface area contributed by atoms with Crippen LogP contribution < -0.4 is 10.9 Å². The van der Waals surface area contributed by atoms with Crippen LogP contribution in [-0.4, -0.2) is 41.5 Å². The van der Waals surface area contributed by atoms with Gasteiger partial charge in [0, 0.05) is 25.3 Å². The number of halogens is 2. The molecule has 0 bridgehead atoms. The Morgan fingerprint density at radius 1 is 1.32 bits per heavy atom. The highest BCUT2D eigenvalue weighted by atomic mass is 79.9. The van der Waals surface area contributed by atoms with Crippen LogP contribution in [0, 0.1) is 5.92 Å². The number of H-pyrrole nitrogens is 1. The van der Waals surface area contributed by atoms with Crippen LogP contribution in [0.4, 0.5) is 0 Å². The van der Waals surface area contributed by atoms with Crippen molar-refractivity contribution in [2.45, 2.75) is 31.7 Å². The molecule has 2 heterocycles. The monoisotopic (exact) mass is 389 g/mol. The molecule has 0 atom stereocenters. The van der Waals surface area contributed by atoms with Crippen molar-refractivity contribution < 1.29 is 4.79 Å². The molecular weight excluding hydrogens is 370 g/mol. The lowest BCUT2D eigenvalue weighted by molar-refractivity contribution is 0.0704. The van der Waals surface area contributed by atoms with Gasteiger partial charge in [-0.15, -0.1) is 12.4 Å². The van der Waals surface area contributed by atoms with Crippen LogP contribution in [0.15, 0.2) is 21.5 Å². The number of amides is 1. The summed E-state index contributed by atoms with van der Waals surface area (Å²) in [4.78, 5) is 28.2. The topological polar surface area (TPSA) is 65.2 Å². The van der Waals surface area contributed by atoms with Crippen molar-refractivity contribution in [2.24, 2.45) is 5.92 Å². The summed E-state index contributed by atoms with van der Waals surface area (Å²) in [7, 11) is 0. The molecule has 122 valence electrons. The zero-order valence-electron chi connectivity index (χ0n) is 12.3. The Kier molecular flexibility index (Phi) is 6.06. The van der Waals surface area contributed by atoms with Gasteiger partial charge in [-0.2, -0.15) is 0 Å². The van der Waals surface area contributed by atoms with Crippen LogP contribution in [0.1, 0.15) is 36.0 Å². The van der Waals surface area contributed by atoms with E-state index in [0.717, 1.165) is 38.4 Å². The van der Waals surface area contributed by atoms with Crippen LogP contribution in [0.25, 0.3) is 0 Å². The molecule has 1 saturated heterocycles. The number of aromatic nitrogens is 1. The van der Waals surface area contributed by atoms with Crippen molar-refractivity contribution in [2.75, 3.05) is 19.6 Å². The van der Waals surface area contributed by atoms with Crippen molar-refractivity contribution in [3.8, 4) is 0 Å². The standard InChI is InChI=1S/C15H20BrN3O2.ClH/c16-13-7-11(9-18-14(13)20)15(21)19-5-3-12(4-6-19)17-8-10-1-2-10;/h7,9-10,12,17H,1-6,8H2,(H,18,20);1H. The third-order valence-corrected chi connectivity index (χ3v) is 4.87. The van der Waals surface area contributed by atoms with Gasteiger partial charge in [0.05, 0.1) is 10.0 Å². The second-order valence-corrected chi connectivity index (χ2v) is 6.84. The zero-order chi connectivity index (χ0) is 14.8. The number of carbonyl (C=O) groups is 1. The number of nitrogens with zero attached hydrogens (tertiary/aromatic N) is 1. The molecule has 1 aliphatic heterocycles. The predicted octanol–water partition coefficient (Wildman–Crippen LogP) is 2.16. The van der Waals surface area contributed by atoms with Gasteiger partial charge in [-0.25, -0.2) is 0 Å². The minimum Gasteiger partial charge on any atom is -0.338 e. The summed E-state index contributed by atoms with van der Waals surface area (Å²) < 4.78 is 0.398. The molecule has 3 rings (SSSR count). The van der Waals surface area contributed by atoms with Gasteiger partial charge in [0.1, 0.15) is 0 Å². The fraction of sp³-hybridized carbons (Fsp3) is 0.600. The van der Waals surface area contributed by atoms with Crippen LogP contribution in [0.5, 0.6) is 0 Å². The van der Waals surface area contributed by atoms with Gasteiger partial charge >= 0.3 is 0 Å². The highest BCUT2D eigenvalue weighted by Crippen LogP contribution is 2.28. The van der Waals surface area contributed by atoms with E-state index in [4.69, 9.17) is 0 Å². The van der Waals surface area contributed by atoms with Crippen LogP contribution in [0.3, 0.4) is 0 Å². The smallest absolute Gasteiger partial charge is 0.262 e. The van der Waals surface area contributed by atoms with Gasteiger partial charge in [0.15, 0.2) is 0 Å². The Hall–Kier alpha value is -0.850. The average Bonchev–Trinajstić information content (AvgIpc) is 3.32. The molecule has 0 spiro atoms. The van der Waals surface area contributed by atoms with Crippen LogP contribution >= 0.6 is 28.3 Å². The van der Waals surface area contributed by atoms with Crippen LogP contribution in [0.2, 0.25) is 0 Å². The molecule has 1 amide bonds. The van der Waals surface area contributed by atoms with Gasteiger partial charge in [0.25, 0.3) is 11.5 Å². The second-order valence-electron chi connectivity index (χ2n) is 5.98. The first-order valence-electron chi connectivity index (χ1n) is 7.54. The molecule has 1 aromatic heterocycles. The normalized spacial score (nSPS) is 18.9.